The zero-order chi connectivity index (χ0) is 13.1. The predicted octanol–water partition coefficient (Wildman–Crippen LogP) is 1.77. The van der Waals surface area contributed by atoms with E-state index in [-0.39, 0.29) is 0 Å². The SMILES string of the molecule is CN(C)C1CCN(C2C=CC(=N)C(=N)CC2)CC1. The van der Waals surface area contributed by atoms with E-state index in [4.69, 9.17) is 10.8 Å². The molecule has 0 aromatic rings. The molecule has 4 nitrogen and oxygen atoms in total. The Balaban J connectivity index is 1.92. The van der Waals surface area contributed by atoms with Crippen molar-refractivity contribution in [1.29, 1.82) is 10.8 Å². The van der Waals surface area contributed by atoms with Crippen LogP contribution >= 0.6 is 0 Å². The molecule has 1 heterocycles. The van der Waals surface area contributed by atoms with Gasteiger partial charge in [-0.25, -0.2) is 0 Å². The first-order chi connectivity index (χ1) is 8.58. The van der Waals surface area contributed by atoms with Crippen LogP contribution in [-0.4, -0.2) is 60.5 Å². The molecule has 18 heavy (non-hydrogen) atoms. The molecule has 0 aromatic heterocycles. The van der Waals surface area contributed by atoms with Crippen molar-refractivity contribution >= 4 is 11.4 Å². The van der Waals surface area contributed by atoms with Crippen LogP contribution in [-0.2, 0) is 0 Å². The zero-order valence-corrected chi connectivity index (χ0v) is 11.4. The average Bonchev–Trinajstić information content (AvgIpc) is 2.53. The van der Waals surface area contributed by atoms with E-state index in [1.807, 2.05) is 6.08 Å². The maximum atomic E-state index is 7.73. The van der Waals surface area contributed by atoms with Gasteiger partial charge in [0.1, 0.15) is 0 Å². The normalized spacial score (nSPS) is 27.8. The minimum absolute atomic E-state index is 0.390. The number of likely N-dealkylation sites (tertiary alicyclic amines) is 1. The first-order valence-corrected chi connectivity index (χ1v) is 6.83. The molecule has 0 aromatic carbocycles. The second-order valence-corrected chi connectivity index (χ2v) is 5.59. The van der Waals surface area contributed by atoms with Gasteiger partial charge in [0.25, 0.3) is 0 Å². The molecule has 1 atom stereocenters. The summed E-state index contributed by atoms with van der Waals surface area (Å²) in [5.41, 5.74) is 0.873. The van der Waals surface area contributed by atoms with Crippen LogP contribution in [0.1, 0.15) is 25.7 Å². The summed E-state index contributed by atoms with van der Waals surface area (Å²) in [6.45, 7) is 2.27. The van der Waals surface area contributed by atoms with Crippen LogP contribution in [0.15, 0.2) is 12.2 Å². The van der Waals surface area contributed by atoms with E-state index in [1.54, 1.807) is 0 Å². The van der Waals surface area contributed by atoms with Gasteiger partial charge >= 0.3 is 0 Å². The Morgan fingerprint density at radius 2 is 1.83 bits per heavy atom. The van der Waals surface area contributed by atoms with Crippen LogP contribution in [0.5, 0.6) is 0 Å². The van der Waals surface area contributed by atoms with Gasteiger partial charge in [-0.05, 0) is 45.9 Å². The van der Waals surface area contributed by atoms with Crippen molar-refractivity contribution in [2.45, 2.75) is 37.8 Å². The molecule has 1 unspecified atom stereocenters. The van der Waals surface area contributed by atoms with Gasteiger partial charge in [0.2, 0.25) is 0 Å². The smallest absolute Gasteiger partial charge is 0.0744 e. The lowest BCUT2D eigenvalue weighted by Gasteiger charge is -2.38. The van der Waals surface area contributed by atoms with Gasteiger partial charge in [0.15, 0.2) is 0 Å². The van der Waals surface area contributed by atoms with Crippen molar-refractivity contribution in [3.63, 3.8) is 0 Å². The third-order valence-corrected chi connectivity index (χ3v) is 4.20. The second kappa shape index (κ2) is 5.76. The number of hydrogen-bond donors (Lipinski definition) is 2. The summed E-state index contributed by atoms with van der Waals surface area (Å²) in [5.74, 6) is 0. The lowest BCUT2D eigenvalue weighted by atomic mass is 10.0. The third kappa shape index (κ3) is 3.06. The number of rotatable bonds is 2. The highest BCUT2D eigenvalue weighted by molar-refractivity contribution is 6.44. The quantitative estimate of drug-likeness (QED) is 0.782. The molecule has 0 spiro atoms. The Morgan fingerprint density at radius 3 is 2.44 bits per heavy atom. The van der Waals surface area contributed by atoms with Gasteiger partial charge in [-0.1, -0.05) is 6.08 Å². The Labute approximate surface area is 110 Å². The molecule has 4 heteroatoms. The van der Waals surface area contributed by atoms with Crippen LogP contribution < -0.4 is 0 Å². The maximum absolute atomic E-state index is 7.73. The fourth-order valence-electron chi connectivity index (χ4n) is 2.87. The molecule has 1 saturated heterocycles. The van der Waals surface area contributed by atoms with Crippen LogP contribution in [0.2, 0.25) is 0 Å². The first-order valence-electron chi connectivity index (χ1n) is 6.83. The summed E-state index contributed by atoms with van der Waals surface area (Å²) < 4.78 is 0. The molecule has 2 rings (SSSR count). The Bertz CT molecular complexity index is 351. The molecule has 2 aliphatic rings. The standard InChI is InChI=1S/C14H24N4/c1-17(2)11-7-9-18(10-8-11)12-3-5-13(15)14(16)6-4-12/h3,5,11-12,15-16H,4,6-10H2,1-2H3. The highest BCUT2D eigenvalue weighted by Gasteiger charge is 2.25. The van der Waals surface area contributed by atoms with E-state index in [0.717, 1.165) is 25.9 Å². The highest BCUT2D eigenvalue weighted by Crippen LogP contribution is 2.20. The van der Waals surface area contributed by atoms with Gasteiger partial charge in [-0.2, -0.15) is 0 Å². The predicted molar refractivity (Wildman–Crippen MR) is 75.9 cm³/mol. The van der Waals surface area contributed by atoms with Gasteiger partial charge in [0, 0.05) is 25.2 Å². The molecule has 2 N–H and O–H groups in total. The second-order valence-electron chi connectivity index (χ2n) is 5.59. The minimum Gasteiger partial charge on any atom is -0.306 e. The summed E-state index contributed by atoms with van der Waals surface area (Å²) in [4.78, 5) is 4.84. The fraction of sp³-hybridized carbons (Fsp3) is 0.714. The molecule has 1 fully saturated rings. The minimum atomic E-state index is 0.390. The summed E-state index contributed by atoms with van der Waals surface area (Å²) in [6.07, 6.45) is 8.13. The number of nitrogens with zero attached hydrogens (tertiary/aromatic N) is 2. The van der Waals surface area contributed by atoms with Crippen molar-refractivity contribution in [3.8, 4) is 0 Å². The Hall–Kier alpha value is -1.00. The maximum Gasteiger partial charge on any atom is 0.0744 e. The molecule has 100 valence electrons. The van der Waals surface area contributed by atoms with E-state index in [1.165, 1.54) is 12.8 Å². The molecule has 0 bridgehead atoms. The van der Waals surface area contributed by atoms with Crippen molar-refractivity contribution in [2.24, 2.45) is 0 Å². The zero-order valence-electron chi connectivity index (χ0n) is 11.4. The third-order valence-electron chi connectivity index (χ3n) is 4.20. The molecular weight excluding hydrogens is 224 g/mol. The van der Waals surface area contributed by atoms with Crippen LogP contribution in [0.4, 0.5) is 0 Å². The van der Waals surface area contributed by atoms with Crippen molar-refractivity contribution in [1.82, 2.24) is 9.80 Å². The molecule has 0 radical (unpaired) electrons. The summed E-state index contributed by atoms with van der Waals surface area (Å²) in [7, 11) is 4.32. The monoisotopic (exact) mass is 248 g/mol. The summed E-state index contributed by atoms with van der Waals surface area (Å²) in [5, 5.41) is 15.4. The topological polar surface area (TPSA) is 54.2 Å². The molecule has 0 amide bonds. The van der Waals surface area contributed by atoms with Crippen molar-refractivity contribution in [2.75, 3.05) is 27.2 Å². The van der Waals surface area contributed by atoms with Crippen LogP contribution in [0.3, 0.4) is 0 Å². The van der Waals surface area contributed by atoms with Gasteiger partial charge in [-0.3, -0.25) is 10.3 Å². The number of nitrogens with one attached hydrogen (secondary N) is 2. The Morgan fingerprint density at radius 1 is 1.17 bits per heavy atom. The van der Waals surface area contributed by atoms with Gasteiger partial charge < -0.3 is 10.3 Å². The van der Waals surface area contributed by atoms with Crippen molar-refractivity contribution < 1.29 is 0 Å². The molecule has 1 aliphatic carbocycles. The summed E-state index contributed by atoms with van der Waals surface area (Å²) >= 11 is 0. The van der Waals surface area contributed by atoms with Crippen LogP contribution in [0, 0.1) is 10.8 Å². The van der Waals surface area contributed by atoms with E-state index in [2.05, 4.69) is 30.0 Å². The van der Waals surface area contributed by atoms with E-state index in [9.17, 15) is 0 Å². The van der Waals surface area contributed by atoms with Gasteiger partial charge in [0.05, 0.1) is 11.4 Å². The Kier molecular flexibility index (Phi) is 4.30. The molecule has 1 aliphatic heterocycles. The fourth-order valence-corrected chi connectivity index (χ4v) is 2.87. The van der Waals surface area contributed by atoms with Crippen LogP contribution in [0.25, 0.3) is 0 Å². The number of piperidine rings is 1. The first kappa shape index (κ1) is 13.4. The lowest BCUT2D eigenvalue weighted by Crippen LogP contribution is -2.45. The number of hydrogen-bond acceptors (Lipinski definition) is 4. The largest absolute Gasteiger partial charge is 0.306 e. The average molecular weight is 248 g/mol. The van der Waals surface area contributed by atoms with E-state index < -0.39 is 0 Å². The number of allylic oxidation sites excluding steroid dienone is 1. The molecule has 0 saturated carbocycles. The summed E-state index contributed by atoms with van der Waals surface area (Å²) in [6, 6.07) is 1.14. The van der Waals surface area contributed by atoms with E-state index >= 15 is 0 Å². The lowest BCUT2D eigenvalue weighted by molar-refractivity contribution is 0.122. The van der Waals surface area contributed by atoms with Crippen molar-refractivity contribution in [3.05, 3.63) is 12.2 Å². The van der Waals surface area contributed by atoms with E-state index in [0.29, 0.717) is 23.5 Å². The van der Waals surface area contributed by atoms with Gasteiger partial charge in [-0.15, -0.1) is 0 Å². The molecular formula is C14H24N4. The highest BCUT2D eigenvalue weighted by atomic mass is 15.2.